The lowest BCUT2D eigenvalue weighted by atomic mass is 10.1. The zero-order valence-corrected chi connectivity index (χ0v) is 12.1. The molecule has 0 aliphatic carbocycles. The molecule has 0 spiro atoms. The minimum Gasteiger partial charge on any atom is -0.394 e. The summed E-state index contributed by atoms with van der Waals surface area (Å²) in [5, 5.41) is 13.4. The van der Waals surface area contributed by atoms with E-state index >= 15 is 0 Å². The normalized spacial score (nSPS) is 11.3. The number of aromatic nitrogens is 1. The largest absolute Gasteiger partial charge is 0.394 e. The van der Waals surface area contributed by atoms with Gasteiger partial charge >= 0.3 is 0 Å². The SMILES string of the molecule is CCCNCc1ccc2ccn(CCOCCO)c2c1. The molecule has 0 aliphatic heterocycles. The summed E-state index contributed by atoms with van der Waals surface area (Å²) in [6, 6.07) is 8.72. The van der Waals surface area contributed by atoms with Gasteiger partial charge in [-0.25, -0.2) is 0 Å². The van der Waals surface area contributed by atoms with Crippen molar-refractivity contribution in [1.82, 2.24) is 9.88 Å². The molecule has 110 valence electrons. The Morgan fingerprint density at radius 1 is 1.25 bits per heavy atom. The summed E-state index contributed by atoms with van der Waals surface area (Å²) in [4.78, 5) is 0. The van der Waals surface area contributed by atoms with Gasteiger partial charge in [-0.3, -0.25) is 0 Å². The average molecular weight is 276 g/mol. The monoisotopic (exact) mass is 276 g/mol. The van der Waals surface area contributed by atoms with Gasteiger partial charge in [0.2, 0.25) is 0 Å². The lowest BCUT2D eigenvalue weighted by Gasteiger charge is -2.08. The Hall–Kier alpha value is -1.36. The van der Waals surface area contributed by atoms with E-state index in [9.17, 15) is 0 Å². The summed E-state index contributed by atoms with van der Waals surface area (Å²) < 4.78 is 7.54. The number of aliphatic hydroxyl groups excluding tert-OH is 1. The highest BCUT2D eigenvalue weighted by molar-refractivity contribution is 5.80. The number of hydrogen-bond donors (Lipinski definition) is 2. The van der Waals surface area contributed by atoms with Crippen LogP contribution in [-0.2, 0) is 17.8 Å². The molecule has 0 fully saturated rings. The molecule has 4 heteroatoms. The van der Waals surface area contributed by atoms with E-state index in [0.717, 1.165) is 26.1 Å². The third kappa shape index (κ3) is 4.07. The van der Waals surface area contributed by atoms with E-state index in [1.807, 2.05) is 0 Å². The highest BCUT2D eigenvalue weighted by Gasteiger charge is 2.02. The van der Waals surface area contributed by atoms with E-state index in [-0.39, 0.29) is 6.61 Å². The second kappa shape index (κ2) is 8.04. The van der Waals surface area contributed by atoms with Crippen LogP contribution in [0.5, 0.6) is 0 Å². The quantitative estimate of drug-likeness (QED) is 0.690. The maximum atomic E-state index is 8.70. The predicted molar refractivity (Wildman–Crippen MR) is 81.8 cm³/mol. The minimum atomic E-state index is 0.0830. The van der Waals surface area contributed by atoms with Crippen molar-refractivity contribution in [3.05, 3.63) is 36.0 Å². The molecule has 2 aromatic rings. The van der Waals surface area contributed by atoms with E-state index in [2.05, 4.69) is 47.3 Å². The summed E-state index contributed by atoms with van der Waals surface area (Å²) in [7, 11) is 0. The van der Waals surface area contributed by atoms with Crippen LogP contribution < -0.4 is 5.32 Å². The highest BCUT2D eigenvalue weighted by atomic mass is 16.5. The first-order valence-corrected chi connectivity index (χ1v) is 7.32. The van der Waals surface area contributed by atoms with Gasteiger partial charge in [-0.15, -0.1) is 0 Å². The number of ether oxygens (including phenoxy) is 1. The molecule has 0 aliphatic rings. The molecule has 0 saturated carbocycles. The molecular weight excluding hydrogens is 252 g/mol. The third-order valence-corrected chi connectivity index (χ3v) is 3.31. The Morgan fingerprint density at radius 3 is 2.95 bits per heavy atom. The van der Waals surface area contributed by atoms with Gasteiger partial charge in [-0.2, -0.15) is 0 Å². The summed E-state index contributed by atoms with van der Waals surface area (Å²) in [5.74, 6) is 0. The number of hydrogen-bond acceptors (Lipinski definition) is 3. The van der Waals surface area contributed by atoms with Gasteiger partial charge < -0.3 is 19.7 Å². The van der Waals surface area contributed by atoms with Gasteiger partial charge in [0.15, 0.2) is 0 Å². The van der Waals surface area contributed by atoms with Gasteiger partial charge in [0.05, 0.1) is 19.8 Å². The zero-order chi connectivity index (χ0) is 14.2. The van der Waals surface area contributed by atoms with Crippen LogP contribution >= 0.6 is 0 Å². The second-order valence-electron chi connectivity index (χ2n) is 4.92. The molecule has 2 rings (SSSR count). The number of rotatable bonds is 9. The maximum Gasteiger partial charge on any atom is 0.0698 e. The molecular formula is C16H24N2O2. The van der Waals surface area contributed by atoms with Crippen LogP contribution in [0.3, 0.4) is 0 Å². The number of benzene rings is 1. The molecule has 0 atom stereocenters. The average Bonchev–Trinajstić information content (AvgIpc) is 2.87. The van der Waals surface area contributed by atoms with Gasteiger partial charge in [-0.1, -0.05) is 19.1 Å². The molecule has 1 aromatic heterocycles. The van der Waals surface area contributed by atoms with Crippen molar-refractivity contribution in [2.24, 2.45) is 0 Å². The van der Waals surface area contributed by atoms with E-state index in [0.29, 0.717) is 13.2 Å². The Morgan fingerprint density at radius 2 is 2.15 bits per heavy atom. The first kappa shape index (κ1) is 15.0. The summed E-state index contributed by atoms with van der Waals surface area (Å²) in [6.07, 6.45) is 3.25. The Balaban J connectivity index is 2.01. The molecule has 1 heterocycles. The van der Waals surface area contributed by atoms with Crippen LogP contribution in [0.4, 0.5) is 0 Å². The molecule has 0 unspecified atom stereocenters. The molecule has 4 nitrogen and oxygen atoms in total. The molecule has 1 aromatic carbocycles. The Labute approximate surface area is 120 Å². The summed E-state index contributed by atoms with van der Waals surface area (Å²) in [5.41, 5.74) is 2.55. The van der Waals surface area contributed by atoms with Crippen molar-refractivity contribution < 1.29 is 9.84 Å². The number of aliphatic hydroxyl groups is 1. The van der Waals surface area contributed by atoms with Crippen molar-refractivity contribution in [3.8, 4) is 0 Å². The lowest BCUT2D eigenvalue weighted by Crippen LogP contribution is -2.13. The molecule has 0 saturated heterocycles. The summed E-state index contributed by atoms with van der Waals surface area (Å²) >= 11 is 0. The molecule has 0 bridgehead atoms. The van der Waals surface area contributed by atoms with Gasteiger partial charge in [0, 0.05) is 24.8 Å². The van der Waals surface area contributed by atoms with Crippen molar-refractivity contribution >= 4 is 10.9 Å². The molecule has 0 radical (unpaired) electrons. The van der Waals surface area contributed by atoms with Crippen molar-refractivity contribution in [2.75, 3.05) is 26.4 Å². The van der Waals surface area contributed by atoms with Crippen LogP contribution in [0.25, 0.3) is 10.9 Å². The second-order valence-corrected chi connectivity index (χ2v) is 4.92. The standard InChI is InChI=1S/C16H24N2O2/c1-2-6-17-13-14-3-4-15-5-7-18(16(15)12-14)8-10-20-11-9-19/h3-5,7,12,17,19H,2,6,8-11,13H2,1H3. The lowest BCUT2D eigenvalue weighted by molar-refractivity contribution is 0.0875. The molecule has 20 heavy (non-hydrogen) atoms. The first-order chi connectivity index (χ1) is 9.85. The fourth-order valence-corrected chi connectivity index (χ4v) is 2.27. The maximum absolute atomic E-state index is 8.70. The number of nitrogens with one attached hydrogen (secondary N) is 1. The van der Waals surface area contributed by atoms with E-state index in [1.54, 1.807) is 0 Å². The third-order valence-electron chi connectivity index (χ3n) is 3.31. The Bertz CT molecular complexity index is 522. The summed E-state index contributed by atoms with van der Waals surface area (Å²) in [6.45, 7) is 6.07. The fourth-order valence-electron chi connectivity index (χ4n) is 2.27. The smallest absolute Gasteiger partial charge is 0.0698 e. The van der Waals surface area contributed by atoms with Crippen LogP contribution in [0, 0.1) is 0 Å². The highest BCUT2D eigenvalue weighted by Crippen LogP contribution is 2.17. The zero-order valence-electron chi connectivity index (χ0n) is 12.1. The molecule has 0 amide bonds. The van der Waals surface area contributed by atoms with E-state index in [4.69, 9.17) is 9.84 Å². The van der Waals surface area contributed by atoms with Crippen LogP contribution in [0.2, 0.25) is 0 Å². The fraction of sp³-hybridized carbons (Fsp3) is 0.500. The van der Waals surface area contributed by atoms with Crippen LogP contribution in [0.1, 0.15) is 18.9 Å². The molecule has 2 N–H and O–H groups in total. The first-order valence-electron chi connectivity index (χ1n) is 7.32. The van der Waals surface area contributed by atoms with Crippen LogP contribution in [-0.4, -0.2) is 36.0 Å². The van der Waals surface area contributed by atoms with Gasteiger partial charge in [0.1, 0.15) is 0 Å². The number of nitrogens with zero attached hydrogens (tertiary/aromatic N) is 1. The predicted octanol–water partition coefficient (Wildman–Crippen LogP) is 2.15. The topological polar surface area (TPSA) is 46.4 Å². The van der Waals surface area contributed by atoms with Gasteiger partial charge in [0.25, 0.3) is 0 Å². The van der Waals surface area contributed by atoms with E-state index in [1.165, 1.54) is 16.5 Å². The van der Waals surface area contributed by atoms with E-state index < -0.39 is 0 Å². The van der Waals surface area contributed by atoms with Crippen molar-refractivity contribution in [1.29, 1.82) is 0 Å². The van der Waals surface area contributed by atoms with Crippen LogP contribution in [0.15, 0.2) is 30.5 Å². The van der Waals surface area contributed by atoms with Crippen molar-refractivity contribution in [3.63, 3.8) is 0 Å². The number of fused-ring (bicyclic) bond motifs is 1. The van der Waals surface area contributed by atoms with Gasteiger partial charge in [-0.05, 0) is 36.0 Å². The van der Waals surface area contributed by atoms with Crippen molar-refractivity contribution in [2.45, 2.75) is 26.4 Å². The Kier molecular flexibility index (Phi) is 6.05. The minimum absolute atomic E-state index is 0.0830.